The first-order valence-corrected chi connectivity index (χ1v) is 5.91. The molecule has 0 aliphatic heterocycles. The van der Waals surface area contributed by atoms with E-state index in [0.717, 1.165) is 4.57 Å². The number of nitrogens with zero attached hydrogens (tertiary/aromatic N) is 3. The molecule has 0 radical (unpaired) electrons. The topological polar surface area (TPSA) is 68.0 Å². The molecule has 0 unspecified atom stereocenters. The molecule has 0 bridgehead atoms. The first-order valence-electron chi connectivity index (χ1n) is 5.91. The zero-order chi connectivity index (χ0) is 14.9. The van der Waals surface area contributed by atoms with Crippen LogP contribution in [0, 0.1) is 6.92 Å². The van der Waals surface area contributed by atoms with E-state index in [4.69, 9.17) is 5.11 Å². The van der Waals surface area contributed by atoms with Crippen LogP contribution in [0.1, 0.15) is 24.2 Å². The number of aryl methyl sites for hydroxylation is 2. The molecule has 5 nitrogen and oxygen atoms in total. The zero-order valence-electron chi connectivity index (χ0n) is 10.6. The van der Waals surface area contributed by atoms with Gasteiger partial charge in [0.05, 0.1) is 0 Å². The van der Waals surface area contributed by atoms with Crippen LogP contribution < -0.4 is 0 Å². The molecule has 0 aromatic carbocycles. The molecule has 20 heavy (non-hydrogen) atoms. The van der Waals surface area contributed by atoms with E-state index in [1.807, 2.05) is 0 Å². The van der Waals surface area contributed by atoms with Crippen LogP contribution in [0.25, 0.3) is 11.2 Å². The van der Waals surface area contributed by atoms with Crippen LogP contribution in [0.4, 0.5) is 13.2 Å². The monoisotopic (exact) mass is 287 g/mol. The van der Waals surface area contributed by atoms with Gasteiger partial charge in [0.2, 0.25) is 5.82 Å². The van der Waals surface area contributed by atoms with Crippen LogP contribution in [-0.4, -0.2) is 25.6 Å². The molecule has 0 spiro atoms. The van der Waals surface area contributed by atoms with Crippen molar-refractivity contribution in [2.45, 2.75) is 32.5 Å². The first-order chi connectivity index (χ1) is 9.29. The Morgan fingerprint density at radius 1 is 1.45 bits per heavy atom. The standard InChI is InChI=1S/C12H12F3N3O2/c1-7-5-8-10(16-6-7)18(4-2-3-9(19)20)11(17-8)12(13,14)15/h5-6H,2-4H2,1H3,(H,19,20). The zero-order valence-corrected chi connectivity index (χ0v) is 10.6. The van der Waals surface area contributed by atoms with Crippen molar-refractivity contribution in [2.75, 3.05) is 0 Å². The normalized spacial score (nSPS) is 12.0. The van der Waals surface area contributed by atoms with Crippen LogP contribution in [0.2, 0.25) is 0 Å². The number of alkyl halides is 3. The molecule has 8 heteroatoms. The molecule has 1 N–H and O–H groups in total. The second-order valence-corrected chi connectivity index (χ2v) is 4.44. The summed E-state index contributed by atoms with van der Waals surface area (Å²) >= 11 is 0. The maximum Gasteiger partial charge on any atom is 0.449 e. The lowest BCUT2D eigenvalue weighted by Crippen LogP contribution is -2.16. The number of carbonyl (C=O) groups is 1. The van der Waals surface area contributed by atoms with Crippen LogP contribution >= 0.6 is 0 Å². The Kier molecular flexibility index (Phi) is 3.65. The lowest BCUT2D eigenvalue weighted by molar-refractivity contribution is -0.147. The predicted molar refractivity (Wildman–Crippen MR) is 64.1 cm³/mol. The van der Waals surface area contributed by atoms with Crippen molar-refractivity contribution in [1.29, 1.82) is 0 Å². The molecule has 0 saturated carbocycles. The number of carboxylic acids is 1. The number of fused-ring (bicyclic) bond motifs is 1. The summed E-state index contributed by atoms with van der Waals surface area (Å²) in [6, 6.07) is 1.52. The molecule has 2 rings (SSSR count). The minimum Gasteiger partial charge on any atom is -0.481 e. The number of pyridine rings is 1. The van der Waals surface area contributed by atoms with Gasteiger partial charge in [-0.3, -0.25) is 4.79 Å². The SMILES string of the molecule is Cc1cnc2c(c1)nc(C(F)(F)F)n2CCCC(=O)O. The number of halogens is 3. The van der Waals surface area contributed by atoms with E-state index in [-0.39, 0.29) is 30.6 Å². The fourth-order valence-electron chi connectivity index (χ4n) is 1.93. The van der Waals surface area contributed by atoms with E-state index >= 15 is 0 Å². The van der Waals surface area contributed by atoms with E-state index in [1.165, 1.54) is 12.3 Å². The highest BCUT2D eigenvalue weighted by Crippen LogP contribution is 2.31. The van der Waals surface area contributed by atoms with E-state index in [0.29, 0.717) is 5.56 Å². The molecule has 0 aliphatic rings. The van der Waals surface area contributed by atoms with Crippen molar-refractivity contribution < 1.29 is 23.1 Å². The molecule has 108 valence electrons. The Morgan fingerprint density at radius 3 is 2.75 bits per heavy atom. The fourth-order valence-corrected chi connectivity index (χ4v) is 1.93. The second kappa shape index (κ2) is 5.10. The van der Waals surface area contributed by atoms with E-state index in [2.05, 4.69) is 9.97 Å². The number of aliphatic carboxylic acids is 1. The Hall–Kier alpha value is -2.12. The summed E-state index contributed by atoms with van der Waals surface area (Å²) in [4.78, 5) is 18.0. The molecule has 0 amide bonds. The van der Waals surface area contributed by atoms with E-state index in [9.17, 15) is 18.0 Å². The van der Waals surface area contributed by atoms with Crippen molar-refractivity contribution in [3.05, 3.63) is 23.7 Å². The third-order valence-electron chi connectivity index (χ3n) is 2.75. The van der Waals surface area contributed by atoms with Crippen molar-refractivity contribution in [2.24, 2.45) is 0 Å². The Labute approximate surface area is 112 Å². The Bertz CT molecular complexity index is 649. The average Bonchev–Trinajstić information content (AvgIpc) is 2.66. The van der Waals surface area contributed by atoms with Gasteiger partial charge < -0.3 is 9.67 Å². The third-order valence-corrected chi connectivity index (χ3v) is 2.75. The third kappa shape index (κ3) is 2.89. The maximum absolute atomic E-state index is 12.9. The number of carboxylic acid groups (broad SMARTS) is 1. The number of imidazole rings is 1. The molecule has 0 saturated heterocycles. The van der Waals surface area contributed by atoms with Gasteiger partial charge in [-0.2, -0.15) is 13.2 Å². The first kappa shape index (κ1) is 14.3. The van der Waals surface area contributed by atoms with Gasteiger partial charge in [-0.15, -0.1) is 0 Å². The quantitative estimate of drug-likeness (QED) is 0.938. The highest BCUT2D eigenvalue weighted by Gasteiger charge is 2.37. The maximum atomic E-state index is 12.9. The molecular weight excluding hydrogens is 275 g/mol. The highest BCUT2D eigenvalue weighted by molar-refractivity contribution is 5.72. The van der Waals surface area contributed by atoms with Crippen molar-refractivity contribution in [3.63, 3.8) is 0 Å². The lowest BCUT2D eigenvalue weighted by Gasteiger charge is -2.10. The van der Waals surface area contributed by atoms with Gasteiger partial charge in [0.1, 0.15) is 5.52 Å². The molecular formula is C12H12F3N3O2. The van der Waals surface area contributed by atoms with Crippen LogP contribution in [-0.2, 0) is 17.5 Å². The second-order valence-electron chi connectivity index (χ2n) is 4.44. The molecule has 2 aromatic heterocycles. The van der Waals surface area contributed by atoms with Gasteiger partial charge in [-0.05, 0) is 25.0 Å². The fraction of sp³-hybridized carbons (Fsp3) is 0.417. The van der Waals surface area contributed by atoms with Gasteiger partial charge in [0, 0.05) is 19.2 Å². The van der Waals surface area contributed by atoms with Gasteiger partial charge in [0.25, 0.3) is 0 Å². The minimum atomic E-state index is -4.60. The van der Waals surface area contributed by atoms with Crippen LogP contribution in [0.15, 0.2) is 12.3 Å². The summed E-state index contributed by atoms with van der Waals surface area (Å²) in [5.74, 6) is -2.09. The number of aromatic nitrogens is 3. The van der Waals surface area contributed by atoms with E-state index in [1.54, 1.807) is 6.92 Å². The number of hydrogen-bond acceptors (Lipinski definition) is 3. The summed E-state index contributed by atoms with van der Waals surface area (Å²) in [6.45, 7) is 1.62. The predicted octanol–water partition coefficient (Wildman–Crippen LogP) is 2.62. The molecule has 0 aliphatic carbocycles. The summed E-state index contributed by atoms with van der Waals surface area (Å²) in [5, 5.41) is 8.56. The Balaban J connectivity index is 2.45. The van der Waals surface area contributed by atoms with Crippen LogP contribution in [0.3, 0.4) is 0 Å². The number of hydrogen-bond donors (Lipinski definition) is 1. The summed E-state index contributed by atoms with van der Waals surface area (Å²) in [6.07, 6.45) is -3.27. The summed E-state index contributed by atoms with van der Waals surface area (Å²) in [7, 11) is 0. The van der Waals surface area contributed by atoms with Gasteiger partial charge >= 0.3 is 12.1 Å². The largest absolute Gasteiger partial charge is 0.481 e. The van der Waals surface area contributed by atoms with Crippen molar-refractivity contribution in [3.8, 4) is 0 Å². The minimum absolute atomic E-state index is 0.0828. The molecule has 0 fully saturated rings. The average molecular weight is 287 g/mol. The number of rotatable bonds is 4. The van der Waals surface area contributed by atoms with Crippen molar-refractivity contribution in [1.82, 2.24) is 14.5 Å². The van der Waals surface area contributed by atoms with Gasteiger partial charge in [0.15, 0.2) is 5.65 Å². The molecule has 2 aromatic rings. The van der Waals surface area contributed by atoms with Crippen LogP contribution in [0.5, 0.6) is 0 Å². The highest BCUT2D eigenvalue weighted by atomic mass is 19.4. The summed E-state index contributed by atoms with van der Waals surface area (Å²) < 4.78 is 39.8. The van der Waals surface area contributed by atoms with Crippen molar-refractivity contribution >= 4 is 17.1 Å². The molecule has 0 atom stereocenters. The van der Waals surface area contributed by atoms with Gasteiger partial charge in [-0.25, -0.2) is 9.97 Å². The van der Waals surface area contributed by atoms with Gasteiger partial charge in [-0.1, -0.05) is 0 Å². The summed E-state index contributed by atoms with van der Waals surface area (Å²) in [5.41, 5.74) is 0.988. The Morgan fingerprint density at radius 2 is 2.15 bits per heavy atom. The smallest absolute Gasteiger partial charge is 0.449 e. The molecule has 2 heterocycles. The lowest BCUT2D eigenvalue weighted by atomic mass is 10.3. The van der Waals surface area contributed by atoms with E-state index < -0.39 is 18.0 Å².